The van der Waals surface area contributed by atoms with E-state index in [9.17, 15) is 4.79 Å². The van der Waals surface area contributed by atoms with Crippen molar-refractivity contribution >= 4 is 23.2 Å². The number of carbonyl (C=O) groups excluding carboxylic acids is 1. The number of thiocarbonyl (C=S) groups is 1. The van der Waals surface area contributed by atoms with E-state index < -0.39 is 6.03 Å². The average Bonchev–Trinajstić information content (AvgIpc) is 1.82. The molecule has 0 saturated carbocycles. The molecule has 5 heteroatoms. The number of hydrogen-bond donors (Lipinski definition) is 2. The van der Waals surface area contributed by atoms with Gasteiger partial charge in [0.2, 0.25) is 0 Å². The number of rotatable bonds is 3. The fourth-order valence-corrected chi connectivity index (χ4v) is 0.479. The van der Waals surface area contributed by atoms with Gasteiger partial charge in [0, 0.05) is 20.0 Å². The van der Waals surface area contributed by atoms with Crippen molar-refractivity contribution in [3.63, 3.8) is 0 Å². The molecule has 0 rings (SSSR count). The van der Waals surface area contributed by atoms with Crippen LogP contribution in [0, 0.1) is 0 Å². The Labute approximate surface area is 65.2 Å². The van der Waals surface area contributed by atoms with E-state index in [1.165, 1.54) is 4.90 Å². The first-order valence-electron chi connectivity index (χ1n) is 2.83. The zero-order valence-corrected chi connectivity index (χ0v) is 6.65. The topological polar surface area (TPSA) is 72.3 Å². The van der Waals surface area contributed by atoms with E-state index in [0.29, 0.717) is 18.0 Å². The summed E-state index contributed by atoms with van der Waals surface area (Å²) in [6, 6.07) is -0.462. The molecular weight excluding hydrogens is 150 g/mol. The van der Waals surface area contributed by atoms with Crippen molar-refractivity contribution in [2.45, 2.75) is 6.42 Å². The van der Waals surface area contributed by atoms with Gasteiger partial charge in [-0.05, 0) is 0 Å². The first kappa shape index (κ1) is 9.16. The Morgan fingerprint density at radius 3 is 2.40 bits per heavy atom. The number of amides is 2. The Morgan fingerprint density at radius 2 is 2.10 bits per heavy atom. The summed E-state index contributed by atoms with van der Waals surface area (Å²) >= 11 is 4.60. The highest BCUT2D eigenvalue weighted by Crippen LogP contribution is 1.86. The Morgan fingerprint density at radius 1 is 1.60 bits per heavy atom. The van der Waals surface area contributed by atoms with Gasteiger partial charge < -0.3 is 16.4 Å². The molecule has 0 aliphatic carbocycles. The van der Waals surface area contributed by atoms with Crippen LogP contribution in [0.25, 0.3) is 0 Å². The zero-order chi connectivity index (χ0) is 8.15. The van der Waals surface area contributed by atoms with Gasteiger partial charge >= 0.3 is 6.03 Å². The molecule has 0 aliphatic heterocycles. The predicted octanol–water partition coefficient (Wildman–Crippen LogP) is -0.327. The molecule has 4 nitrogen and oxygen atoms in total. The first-order chi connectivity index (χ1) is 4.54. The lowest BCUT2D eigenvalue weighted by atomic mass is 10.4. The Balaban J connectivity index is 3.49. The molecule has 4 N–H and O–H groups in total. The fraction of sp³-hybridized carbons (Fsp3) is 0.600. The molecule has 0 radical (unpaired) electrons. The minimum Gasteiger partial charge on any atom is -0.393 e. The highest BCUT2D eigenvalue weighted by Gasteiger charge is 2.01. The minimum atomic E-state index is -0.462. The van der Waals surface area contributed by atoms with Gasteiger partial charge in [0.1, 0.15) is 0 Å². The maximum atomic E-state index is 10.4. The van der Waals surface area contributed by atoms with Crippen molar-refractivity contribution in [2.75, 3.05) is 13.6 Å². The maximum absolute atomic E-state index is 10.4. The lowest BCUT2D eigenvalue weighted by Crippen LogP contribution is -2.34. The number of urea groups is 1. The quantitative estimate of drug-likeness (QED) is 0.557. The van der Waals surface area contributed by atoms with Crippen LogP contribution in [-0.2, 0) is 0 Å². The van der Waals surface area contributed by atoms with Gasteiger partial charge in [-0.25, -0.2) is 4.79 Å². The van der Waals surface area contributed by atoms with E-state index in [1.807, 2.05) is 0 Å². The Hall–Kier alpha value is -0.840. The molecule has 0 aliphatic rings. The summed E-state index contributed by atoms with van der Waals surface area (Å²) in [5.41, 5.74) is 10.1. The van der Waals surface area contributed by atoms with Gasteiger partial charge in [-0.3, -0.25) is 0 Å². The molecule has 0 bridgehead atoms. The molecular formula is C5H11N3OS. The molecule has 0 aromatic rings. The maximum Gasteiger partial charge on any atom is 0.314 e. The zero-order valence-electron chi connectivity index (χ0n) is 5.83. The number of nitrogens with two attached hydrogens (primary N) is 2. The molecule has 0 heterocycles. The standard InChI is InChI=1S/C5H11N3OS/c1-8(5(7)9)3-2-4(6)10/h2-3H2,1H3,(H2,6,10)(H2,7,9). The fourth-order valence-electron chi connectivity index (χ4n) is 0.388. The van der Waals surface area contributed by atoms with Crippen molar-refractivity contribution in [2.24, 2.45) is 11.5 Å². The van der Waals surface area contributed by atoms with Crippen molar-refractivity contribution in [1.82, 2.24) is 4.90 Å². The van der Waals surface area contributed by atoms with Crippen LogP contribution in [0.5, 0.6) is 0 Å². The first-order valence-corrected chi connectivity index (χ1v) is 3.23. The Kier molecular flexibility index (Phi) is 3.71. The van der Waals surface area contributed by atoms with Crippen LogP contribution >= 0.6 is 12.2 Å². The third-order valence-corrected chi connectivity index (χ3v) is 1.27. The third kappa shape index (κ3) is 4.08. The molecule has 0 aromatic heterocycles. The average molecular weight is 161 g/mol. The van der Waals surface area contributed by atoms with E-state index in [2.05, 4.69) is 12.2 Å². The van der Waals surface area contributed by atoms with Crippen LogP contribution in [-0.4, -0.2) is 29.5 Å². The van der Waals surface area contributed by atoms with Gasteiger partial charge in [0.25, 0.3) is 0 Å². The summed E-state index contributed by atoms with van der Waals surface area (Å²) in [6.07, 6.45) is 0.523. The molecule has 0 spiro atoms. The molecule has 0 fully saturated rings. The van der Waals surface area contributed by atoms with E-state index >= 15 is 0 Å². The molecule has 2 amide bonds. The van der Waals surface area contributed by atoms with E-state index in [0.717, 1.165) is 0 Å². The lowest BCUT2D eigenvalue weighted by molar-refractivity contribution is 0.220. The second-order valence-electron chi connectivity index (χ2n) is 1.98. The van der Waals surface area contributed by atoms with Crippen LogP contribution in [0.4, 0.5) is 4.79 Å². The monoisotopic (exact) mass is 161 g/mol. The summed E-state index contributed by atoms with van der Waals surface area (Å²) < 4.78 is 0. The van der Waals surface area contributed by atoms with Crippen molar-refractivity contribution in [3.8, 4) is 0 Å². The van der Waals surface area contributed by atoms with Crippen LogP contribution in [0.2, 0.25) is 0 Å². The van der Waals surface area contributed by atoms with E-state index in [4.69, 9.17) is 11.5 Å². The SMILES string of the molecule is CN(CCC(N)=S)C(N)=O. The van der Waals surface area contributed by atoms with E-state index in [1.54, 1.807) is 7.05 Å². The molecule has 0 aromatic carbocycles. The smallest absolute Gasteiger partial charge is 0.314 e. The van der Waals surface area contributed by atoms with Gasteiger partial charge in [0.15, 0.2) is 0 Å². The van der Waals surface area contributed by atoms with Gasteiger partial charge in [-0.1, -0.05) is 12.2 Å². The largest absolute Gasteiger partial charge is 0.393 e. The number of primary amides is 1. The van der Waals surface area contributed by atoms with Crippen molar-refractivity contribution < 1.29 is 4.79 Å². The molecule has 0 atom stereocenters. The number of nitrogens with zero attached hydrogens (tertiary/aromatic N) is 1. The summed E-state index contributed by atoms with van der Waals surface area (Å²) in [4.78, 5) is 12.1. The van der Waals surface area contributed by atoms with Crippen molar-refractivity contribution in [1.29, 1.82) is 0 Å². The van der Waals surface area contributed by atoms with Crippen LogP contribution in [0.15, 0.2) is 0 Å². The minimum absolute atomic E-state index is 0.396. The summed E-state index contributed by atoms with van der Waals surface area (Å²) in [5.74, 6) is 0. The normalized spacial score (nSPS) is 8.90. The summed E-state index contributed by atoms with van der Waals surface area (Å²) in [5, 5.41) is 0. The number of hydrogen-bond acceptors (Lipinski definition) is 2. The summed E-state index contributed by atoms with van der Waals surface area (Å²) in [7, 11) is 1.60. The van der Waals surface area contributed by atoms with E-state index in [-0.39, 0.29) is 0 Å². The van der Waals surface area contributed by atoms with Crippen LogP contribution in [0.3, 0.4) is 0 Å². The van der Waals surface area contributed by atoms with Gasteiger partial charge in [-0.2, -0.15) is 0 Å². The molecule has 10 heavy (non-hydrogen) atoms. The molecule has 0 unspecified atom stereocenters. The molecule has 58 valence electrons. The second kappa shape index (κ2) is 4.05. The second-order valence-corrected chi connectivity index (χ2v) is 2.50. The van der Waals surface area contributed by atoms with Crippen LogP contribution in [0.1, 0.15) is 6.42 Å². The van der Waals surface area contributed by atoms with Crippen molar-refractivity contribution in [3.05, 3.63) is 0 Å². The summed E-state index contributed by atoms with van der Waals surface area (Å²) in [6.45, 7) is 0.491. The van der Waals surface area contributed by atoms with Crippen LogP contribution < -0.4 is 11.5 Å². The van der Waals surface area contributed by atoms with Gasteiger partial charge in [-0.15, -0.1) is 0 Å². The Bertz CT molecular complexity index is 148. The lowest BCUT2D eigenvalue weighted by Gasteiger charge is -2.12. The molecule has 0 saturated heterocycles. The third-order valence-electron chi connectivity index (χ3n) is 1.07. The van der Waals surface area contributed by atoms with Gasteiger partial charge in [0.05, 0.1) is 4.99 Å². The highest BCUT2D eigenvalue weighted by molar-refractivity contribution is 7.80. The highest BCUT2D eigenvalue weighted by atomic mass is 32.1. The number of carbonyl (C=O) groups is 1. The predicted molar refractivity (Wildman–Crippen MR) is 43.6 cm³/mol.